The van der Waals surface area contributed by atoms with E-state index in [0.29, 0.717) is 12.5 Å². The molecular weight excluding hydrogens is 378 g/mol. The van der Waals surface area contributed by atoms with Crippen LogP contribution in [0.15, 0.2) is 33.7 Å². The minimum absolute atomic E-state index is 0.590. The molecule has 7 heteroatoms. The highest BCUT2D eigenvalue weighted by Crippen LogP contribution is 2.20. The maximum atomic E-state index is 5.73. The monoisotopic (exact) mass is 413 g/mol. The number of likely N-dealkylation sites (tertiary alicyclic amines) is 1. The molecule has 1 aliphatic heterocycles. The molecule has 0 unspecified atom stereocenters. The molecule has 1 saturated heterocycles. The van der Waals surface area contributed by atoms with E-state index >= 15 is 0 Å². The molecule has 0 atom stereocenters. The van der Waals surface area contributed by atoms with Gasteiger partial charge in [-0.25, -0.2) is 9.98 Å². The Balaban J connectivity index is 1.46. The van der Waals surface area contributed by atoms with Crippen molar-refractivity contribution in [2.45, 2.75) is 46.7 Å². The number of hydrogen-bond acceptors (Lipinski definition) is 5. The van der Waals surface area contributed by atoms with Crippen molar-refractivity contribution in [3.05, 3.63) is 47.2 Å². The molecule has 0 bridgehead atoms. The van der Waals surface area contributed by atoms with E-state index in [0.717, 1.165) is 80.2 Å². The maximum absolute atomic E-state index is 5.73. The van der Waals surface area contributed by atoms with Crippen molar-refractivity contribution in [2.24, 2.45) is 10.9 Å². The average molecular weight is 414 g/mol. The van der Waals surface area contributed by atoms with Crippen LogP contribution in [0, 0.1) is 19.8 Å². The zero-order valence-electron chi connectivity index (χ0n) is 18.7. The number of benzene rings is 1. The van der Waals surface area contributed by atoms with E-state index in [2.05, 4.69) is 33.5 Å². The number of aromatic nitrogens is 1. The van der Waals surface area contributed by atoms with Gasteiger partial charge in [0.15, 0.2) is 5.96 Å². The summed E-state index contributed by atoms with van der Waals surface area (Å²) in [5, 5.41) is 6.87. The number of oxazole rings is 1. The van der Waals surface area contributed by atoms with Crippen LogP contribution in [0.25, 0.3) is 0 Å². The number of aliphatic imine (C=N–C) groups is 1. The number of nitrogens with zero attached hydrogens (tertiary/aromatic N) is 3. The predicted molar refractivity (Wildman–Crippen MR) is 120 cm³/mol. The minimum Gasteiger partial charge on any atom is -0.496 e. The SMILES string of the molecule is CCNC(=NCc1ccccc1OC)NCC1CCN(Cc2nc(C)c(C)o2)CC1. The van der Waals surface area contributed by atoms with Gasteiger partial charge in [0, 0.05) is 18.7 Å². The zero-order chi connectivity index (χ0) is 21.3. The number of aryl methyl sites for hydroxylation is 2. The fraction of sp³-hybridized carbons (Fsp3) is 0.565. The molecule has 2 N–H and O–H groups in total. The number of piperidine rings is 1. The van der Waals surface area contributed by atoms with Gasteiger partial charge < -0.3 is 19.8 Å². The third-order valence-electron chi connectivity index (χ3n) is 5.64. The summed E-state index contributed by atoms with van der Waals surface area (Å²) in [6.07, 6.45) is 2.33. The summed E-state index contributed by atoms with van der Waals surface area (Å²) < 4.78 is 11.2. The van der Waals surface area contributed by atoms with Crippen LogP contribution < -0.4 is 15.4 Å². The fourth-order valence-corrected chi connectivity index (χ4v) is 3.73. The van der Waals surface area contributed by atoms with E-state index < -0.39 is 0 Å². The number of hydrogen-bond donors (Lipinski definition) is 2. The first-order valence-corrected chi connectivity index (χ1v) is 10.9. The molecule has 1 aromatic heterocycles. The Morgan fingerprint density at radius 3 is 2.67 bits per heavy atom. The molecule has 0 aliphatic carbocycles. The normalized spacial score (nSPS) is 15.9. The van der Waals surface area contributed by atoms with Crippen molar-refractivity contribution in [2.75, 3.05) is 33.3 Å². The summed E-state index contributed by atoms with van der Waals surface area (Å²) >= 11 is 0. The van der Waals surface area contributed by atoms with Crippen LogP contribution in [0.3, 0.4) is 0 Å². The molecule has 0 saturated carbocycles. The second-order valence-electron chi connectivity index (χ2n) is 7.86. The number of guanidine groups is 1. The van der Waals surface area contributed by atoms with Crippen LogP contribution in [0.2, 0.25) is 0 Å². The first-order chi connectivity index (χ1) is 14.6. The first kappa shape index (κ1) is 22.2. The molecule has 3 rings (SSSR count). The lowest BCUT2D eigenvalue weighted by Crippen LogP contribution is -2.42. The lowest BCUT2D eigenvalue weighted by molar-refractivity contribution is 0.164. The molecule has 1 aliphatic rings. The Kier molecular flexibility index (Phi) is 8.13. The van der Waals surface area contributed by atoms with Crippen LogP contribution in [0.4, 0.5) is 0 Å². The number of ether oxygens (including phenoxy) is 1. The van der Waals surface area contributed by atoms with Gasteiger partial charge in [-0.15, -0.1) is 0 Å². The van der Waals surface area contributed by atoms with Gasteiger partial charge in [0.05, 0.1) is 25.9 Å². The summed E-state index contributed by atoms with van der Waals surface area (Å²) in [5.41, 5.74) is 2.08. The Morgan fingerprint density at radius 1 is 1.23 bits per heavy atom. The van der Waals surface area contributed by atoms with Crippen molar-refractivity contribution in [1.82, 2.24) is 20.5 Å². The smallest absolute Gasteiger partial charge is 0.208 e. The highest BCUT2D eigenvalue weighted by atomic mass is 16.5. The molecule has 1 aromatic carbocycles. The van der Waals surface area contributed by atoms with Crippen LogP contribution >= 0.6 is 0 Å². The first-order valence-electron chi connectivity index (χ1n) is 10.9. The largest absolute Gasteiger partial charge is 0.496 e. The van der Waals surface area contributed by atoms with Gasteiger partial charge in [0.25, 0.3) is 0 Å². The molecule has 0 radical (unpaired) electrons. The second kappa shape index (κ2) is 11.0. The Hall–Kier alpha value is -2.54. The maximum Gasteiger partial charge on any atom is 0.208 e. The number of nitrogens with one attached hydrogen (secondary N) is 2. The van der Waals surface area contributed by atoms with E-state index in [-0.39, 0.29) is 0 Å². The Morgan fingerprint density at radius 2 is 2.00 bits per heavy atom. The Bertz CT molecular complexity index is 805. The highest BCUT2D eigenvalue weighted by Gasteiger charge is 2.21. The third kappa shape index (κ3) is 6.23. The summed E-state index contributed by atoms with van der Waals surface area (Å²) in [4.78, 5) is 11.7. The van der Waals surface area contributed by atoms with Gasteiger partial charge in [-0.05, 0) is 58.7 Å². The Labute approximate surface area is 179 Å². The fourth-order valence-electron chi connectivity index (χ4n) is 3.73. The van der Waals surface area contributed by atoms with Crippen LogP contribution in [0.5, 0.6) is 5.75 Å². The molecule has 0 amide bonds. The van der Waals surface area contributed by atoms with Gasteiger partial charge in [0.1, 0.15) is 11.5 Å². The van der Waals surface area contributed by atoms with E-state index in [9.17, 15) is 0 Å². The van der Waals surface area contributed by atoms with Crippen molar-refractivity contribution >= 4 is 5.96 Å². The molecule has 30 heavy (non-hydrogen) atoms. The number of methoxy groups -OCH3 is 1. The topological polar surface area (TPSA) is 74.9 Å². The molecule has 2 aromatic rings. The van der Waals surface area contributed by atoms with Crippen molar-refractivity contribution in [3.63, 3.8) is 0 Å². The average Bonchev–Trinajstić information content (AvgIpc) is 3.08. The summed E-state index contributed by atoms with van der Waals surface area (Å²) in [7, 11) is 1.70. The summed E-state index contributed by atoms with van der Waals surface area (Å²) in [6.45, 7) is 11.4. The summed E-state index contributed by atoms with van der Waals surface area (Å²) in [6, 6.07) is 8.02. The van der Waals surface area contributed by atoms with Crippen molar-refractivity contribution < 1.29 is 9.15 Å². The number of para-hydroxylation sites is 1. The quantitative estimate of drug-likeness (QED) is 0.511. The van der Waals surface area contributed by atoms with Gasteiger partial charge in [0.2, 0.25) is 5.89 Å². The van der Waals surface area contributed by atoms with Crippen LogP contribution in [0.1, 0.15) is 42.7 Å². The van der Waals surface area contributed by atoms with E-state index in [1.807, 2.05) is 32.0 Å². The molecule has 7 nitrogen and oxygen atoms in total. The minimum atomic E-state index is 0.590. The van der Waals surface area contributed by atoms with E-state index in [1.54, 1.807) is 7.11 Å². The van der Waals surface area contributed by atoms with Crippen molar-refractivity contribution in [3.8, 4) is 5.75 Å². The van der Waals surface area contributed by atoms with Gasteiger partial charge in [-0.2, -0.15) is 0 Å². The number of rotatable bonds is 8. The molecule has 164 valence electrons. The second-order valence-corrected chi connectivity index (χ2v) is 7.86. The zero-order valence-corrected chi connectivity index (χ0v) is 18.7. The van der Waals surface area contributed by atoms with Gasteiger partial charge >= 0.3 is 0 Å². The van der Waals surface area contributed by atoms with Crippen LogP contribution in [-0.2, 0) is 13.1 Å². The standard InChI is InChI=1S/C23H35N5O2/c1-5-24-23(26-15-20-8-6-7-9-21(20)29-4)25-14-19-10-12-28(13-11-19)16-22-27-17(2)18(3)30-22/h6-9,19H,5,10-16H2,1-4H3,(H2,24,25,26). The lowest BCUT2D eigenvalue weighted by atomic mass is 9.97. The van der Waals surface area contributed by atoms with E-state index in [4.69, 9.17) is 14.1 Å². The predicted octanol–water partition coefficient (Wildman–Crippen LogP) is 3.27. The molecule has 1 fully saturated rings. The third-order valence-corrected chi connectivity index (χ3v) is 5.64. The van der Waals surface area contributed by atoms with Gasteiger partial charge in [-0.3, -0.25) is 4.90 Å². The molecule has 2 heterocycles. The molecular formula is C23H35N5O2. The van der Waals surface area contributed by atoms with Crippen LogP contribution in [-0.4, -0.2) is 49.1 Å². The summed E-state index contributed by atoms with van der Waals surface area (Å²) in [5.74, 6) is 4.13. The highest BCUT2D eigenvalue weighted by molar-refractivity contribution is 5.79. The van der Waals surface area contributed by atoms with Crippen molar-refractivity contribution in [1.29, 1.82) is 0 Å². The molecule has 0 spiro atoms. The van der Waals surface area contributed by atoms with Gasteiger partial charge in [-0.1, -0.05) is 18.2 Å². The lowest BCUT2D eigenvalue weighted by Gasteiger charge is -2.31. The van der Waals surface area contributed by atoms with E-state index in [1.165, 1.54) is 0 Å².